The number of nitrogens with two attached hydrogens (primary N) is 2. The molecule has 1 atom stereocenters. The van der Waals surface area contributed by atoms with Gasteiger partial charge >= 0.3 is 0 Å². The molecule has 7 heteroatoms. The first-order chi connectivity index (χ1) is 8.34. The van der Waals surface area contributed by atoms with Crippen LogP contribution in [0.25, 0.3) is 0 Å². The molecule has 18 heavy (non-hydrogen) atoms. The molecule has 0 aliphatic rings. The number of hydrogen-bond donors (Lipinski definition) is 2. The van der Waals surface area contributed by atoms with E-state index in [0.717, 1.165) is 0 Å². The van der Waals surface area contributed by atoms with Gasteiger partial charge in [0.05, 0.1) is 11.2 Å². The van der Waals surface area contributed by atoms with E-state index in [4.69, 9.17) is 15.6 Å². The second kappa shape index (κ2) is 5.94. The lowest BCUT2D eigenvalue weighted by atomic mass is 10.2. The summed E-state index contributed by atoms with van der Waals surface area (Å²) in [6.45, 7) is 1.64. The van der Waals surface area contributed by atoms with Crippen molar-refractivity contribution in [1.29, 1.82) is 0 Å². The molecule has 0 aliphatic heterocycles. The van der Waals surface area contributed by atoms with Crippen molar-refractivity contribution in [1.82, 2.24) is 0 Å². The van der Waals surface area contributed by atoms with E-state index in [9.17, 15) is 12.8 Å². The first-order valence-electron chi connectivity index (χ1n) is 5.15. The first-order valence-corrected chi connectivity index (χ1v) is 6.69. The van der Waals surface area contributed by atoms with Gasteiger partial charge in [0.1, 0.15) is 12.4 Å². The van der Waals surface area contributed by atoms with Gasteiger partial charge in [-0.1, -0.05) is 0 Å². The van der Waals surface area contributed by atoms with E-state index >= 15 is 0 Å². The molecular weight excluding hydrogens is 259 g/mol. The highest BCUT2D eigenvalue weighted by Gasteiger charge is 2.08. The largest absolute Gasteiger partial charge is 0.489 e. The summed E-state index contributed by atoms with van der Waals surface area (Å²) < 4.78 is 39.7. The SMILES string of the molecule is C[C@@H](N)/C(=C\F)COc1ccc(S(N)(=O)=O)cc1. The molecule has 5 nitrogen and oxygen atoms in total. The molecule has 1 rings (SSSR count). The van der Waals surface area contributed by atoms with Gasteiger partial charge in [0.15, 0.2) is 0 Å². The molecule has 0 bridgehead atoms. The zero-order valence-corrected chi connectivity index (χ0v) is 10.7. The van der Waals surface area contributed by atoms with Crippen LogP contribution in [0.4, 0.5) is 4.39 Å². The fraction of sp³-hybridized carbons (Fsp3) is 0.273. The van der Waals surface area contributed by atoms with Gasteiger partial charge in [-0.05, 0) is 31.2 Å². The summed E-state index contributed by atoms with van der Waals surface area (Å²) in [5.74, 6) is 0.405. The lowest BCUT2D eigenvalue weighted by Gasteiger charge is -2.11. The van der Waals surface area contributed by atoms with Gasteiger partial charge in [0.2, 0.25) is 10.0 Å². The lowest BCUT2D eigenvalue weighted by molar-refractivity contribution is 0.341. The van der Waals surface area contributed by atoms with Gasteiger partial charge in [-0.15, -0.1) is 0 Å². The minimum Gasteiger partial charge on any atom is -0.489 e. The molecule has 0 spiro atoms. The molecule has 4 N–H and O–H groups in total. The molecule has 0 amide bonds. The highest BCUT2D eigenvalue weighted by atomic mass is 32.2. The van der Waals surface area contributed by atoms with Gasteiger partial charge in [-0.3, -0.25) is 0 Å². The smallest absolute Gasteiger partial charge is 0.238 e. The molecule has 100 valence electrons. The van der Waals surface area contributed by atoms with Crippen LogP contribution in [0.3, 0.4) is 0 Å². The van der Waals surface area contributed by atoms with Gasteiger partial charge in [0, 0.05) is 11.6 Å². The minimum atomic E-state index is -3.72. The summed E-state index contributed by atoms with van der Waals surface area (Å²) in [4.78, 5) is -0.0108. The second-order valence-electron chi connectivity index (χ2n) is 3.78. The molecule has 0 saturated carbocycles. The van der Waals surface area contributed by atoms with Crippen LogP contribution >= 0.6 is 0 Å². The average Bonchev–Trinajstić information content (AvgIpc) is 2.29. The fourth-order valence-electron chi connectivity index (χ4n) is 1.15. The van der Waals surface area contributed by atoms with Gasteiger partial charge in [-0.2, -0.15) is 0 Å². The quantitative estimate of drug-likeness (QED) is 0.834. The number of benzene rings is 1. The Morgan fingerprint density at radius 2 is 2.00 bits per heavy atom. The van der Waals surface area contributed by atoms with E-state index in [1.807, 2.05) is 0 Å². The van der Waals surface area contributed by atoms with Crippen LogP contribution in [0.2, 0.25) is 0 Å². The zero-order chi connectivity index (χ0) is 13.8. The average molecular weight is 274 g/mol. The van der Waals surface area contributed by atoms with Crippen molar-refractivity contribution in [3.05, 3.63) is 36.2 Å². The maximum atomic E-state index is 12.4. The normalized spacial score (nSPS) is 14.3. The van der Waals surface area contributed by atoms with Crippen molar-refractivity contribution in [3.63, 3.8) is 0 Å². The van der Waals surface area contributed by atoms with Crippen LogP contribution in [0.15, 0.2) is 41.1 Å². The molecule has 0 aromatic heterocycles. The van der Waals surface area contributed by atoms with Gasteiger partial charge in [0.25, 0.3) is 0 Å². The van der Waals surface area contributed by atoms with Crippen molar-refractivity contribution in [2.24, 2.45) is 10.9 Å². The molecule has 0 unspecified atom stereocenters. The van der Waals surface area contributed by atoms with Crippen LogP contribution in [0.5, 0.6) is 5.75 Å². The standard InChI is InChI=1S/C11H15FN2O3S/c1-8(13)9(6-12)7-17-10-2-4-11(5-3-10)18(14,15)16/h2-6,8H,7,13H2,1H3,(H2,14,15,16)/b9-6-/t8-/m1/s1. The summed E-state index contributed by atoms with van der Waals surface area (Å²) in [6.07, 6.45) is 0.406. The van der Waals surface area contributed by atoms with Crippen molar-refractivity contribution >= 4 is 10.0 Å². The van der Waals surface area contributed by atoms with Crippen molar-refractivity contribution < 1.29 is 17.5 Å². The topological polar surface area (TPSA) is 95.4 Å². The third-order valence-corrected chi connectivity index (χ3v) is 3.21. The van der Waals surface area contributed by atoms with E-state index in [2.05, 4.69) is 0 Å². The number of halogens is 1. The summed E-state index contributed by atoms with van der Waals surface area (Å²) in [6, 6.07) is 5.07. The number of sulfonamides is 1. The van der Waals surface area contributed by atoms with Crippen molar-refractivity contribution in [2.75, 3.05) is 6.61 Å². The number of primary sulfonamides is 1. The highest BCUT2D eigenvalue weighted by molar-refractivity contribution is 7.89. The molecule has 0 aliphatic carbocycles. The van der Waals surface area contributed by atoms with E-state index in [1.54, 1.807) is 6.92 Å². The summed E-state index contributed by atoms with van der Waals surface area (Å²) in [7, 11) is -3.72. The van der Waals surface area contributed by atoms with Crippen molar-refractivity contribution in [2.45, 2.75) is 17.9 Å². The van der Waals surface area contributed by atoms with E-state index in [0.29, 0.717) is 17.7 Å². The first kappa shape index (κ1) is 14.6. The van der Waals surface area contributed by atoms with Crippen LogP contribution < -0.4 is 15.6 Å². The predicted octanol–water partition coefficient (Wildman–Crippen LogP) is 0.913. The predicted molar refractivity (Wildman–Crippen MR) is 66.2 cm³/mol. The Labute approximate surface area is 105 Å². The fourth-order valence-corrected chi connectivity index (χ4v) is 1.67. The third-order valence-electron chi connectivity index (χ3n) is 2.28. The summed E-state index contributed by atoms with van der Waals surface area (Å²) in [5.41, 5.74) is 5.82. The van der Waals surface area contributed by atoms with E-state index in [-0.39, 0.29) is 11.5 Å². The Hall–Kier alpha value is -1.44. The third kappa shape index (κ3) is 4.10. The Bertz CT molecular complexity index is 524. The Morgan fingerprint density at radius 3 is 2.39 bits per heavy atom. The lowest BCUT2D eigenvalue weighted by Crippen LogP contribution is -2.22. The molecule has 1 aromatic carbocycles. The van der Waals surface area contributed by atoms with Crippen LogP contribution in [0.1, 0.15) is 6.92 Å². The molecular formula is C11H15FN2O3S. The Morgan fingerprint density at radius 1 is 1.44 bits per heavy atom. The molecule has 0 heterocycles. The Kier molecular flexibility index (Phi) is 4.83. The maximum Gasteiger partial charge on any atom is 0.238 e. The van der Waals surface area contributed by atoms with Crippen LogP contribution in [-0.4, -0.2) is 21.1 Å². The zero-order valence-electron chi connectivity index (χ0n) is 9.84. The second-order valence-corrected chi connectivity index (χ2v) is 5.34. The molecule has 0 saturated heterocycles. The molecule has 1 aromatic rings. The molecule has 0 radical (unpaired) electrons. The summed E-state index contributed by atoms with van der Waals surface area (Å²) in [5, 5.41) is 4.95. The number of rotatable bonds is 5. The van der Waals surface area contributed by atoms with Gasteiger partial charge < -0.3 is 10.5 Å². The maximum absolute atomic E-state index is 12.4. The molecule has 0 fully saturated rings. The summed E-state index contributed by atoms with van der Waals surface area (Å²) >= 11 is 0. The van der Waals surface area contributed by atoms with E-state index < -0.39 is 16.1 Å². The van der Waals surface area contributed by atoms with E-state index in [1.165, 1.54) is 24.3 Å². The highest BCUT2D eigenvalue weighted by Crippen LogP contribution is 2.16. The number of ether oxygens (including phenoxy) is 1. The van der Waals surface area contributed by atoms with Crippen LogP contribution in [0, 0.1) is 0 Å². The van der Waals surface area contributed by atoms with Crippen molar-refractivity contribution in [3.8, 4) is 5.75 Å². The Balaban J connectivity index is 2.71. The van der Waals surface area contributed by atoms with Gasteiger partial charge in [-0.25, -0.2) is 17.9 Å². The number of hydrogen-bond acceptors (Lipinski definition) is 4. The van der Waals surface area contributed by atoms with Crippen LogP contribution in [-0.2, 0) is 10.0 Å². The monoisotopic (exact) mass is 274 g/mol. The minimum absolute atomic E-state index is 0.00287.